The van der Waals surface area contributed by atoms with Crippen LogP contribution in [0.3, 0.4) is 0 Å². The number of rotatable bonds is 0. The Morgan fingerprint density at radius 3 is 2.28 bits per heavy atom. The number of hydrogen-bond donors (Lipinski definition) is 0. The zero-order valence-electron chi connectivity index (χ0n) is 9.28. The van der Waals surface area contributed by atoms with E-state index in [0.29, 0.717) is 11.3 Å². The van der Waals surface area contributed by atoms with E-state index in [1.807, 2.05) is 6.07 Å². The SMILES string of the molecule is FC(F)(F)c1cccc(C#[N+]c2ccccc2)c1. The lowest BCUT2D eigenvalue weighted by Crippen LogP contribution is -2.04. The number of benzene rings is 2. The summed E-state index contributed by atoms with van der Waals surface area (Å²) in [5.41, 5.74) is 0.249. The molecule has 0 aromatic heterocycles. The minimum absolute atomic E-state index is 0.300. The van der Waals surface area contributed by atoms with Gasteiger partial charge in [-0.1, -0.05) is 24.3 Å². The van der Waals surface area contributed by atoms with E-state index in [-0.39, 0.29) is 0 Å². The normalized spacial score (nSPS) is 10.6. The Kier molecular flexibility index (Phi) is 3.33. The van der Waals surface area contributed by atoms with Crippen LogP contribution in [-0.2, 0) is 6.18 Å². The molecule has 0 saturated heterocycles. The van der Waals surface area contributed by atoms with Gasteiger partial charge in [0.1, 0.15) is 5.56 Å². The first kappa shape index (κ1) is 12.2. The van der Waals surface area contributed by atoms with Gasteiger partial charge in [0, 0.05) is 12.1 Å². The summed E-state index contributed by atoms with van der Waals surface area (Å²) in [6.07, 6.45) is -4.34. The van der Waals surface area contributed by atoms with Crippen LogP contribution in [0.5, 0.6) is 0 Å². The van der Waals surface area contributed by atoms with Crippen LogP contribution in [0.4, 0.5) is 18.9 Å². The summed E-state index contributed by atoms with van der Waals surface area (Å²) in [5.74, 6) is 0. The van der Waals surface area contributed by atoms with Crippen LogP contribution in [0, 0.1) is 6.07 Å². The molecule has 1 nitrogen and oxygen atoms in total. The Balaban J connectivity index is 2.29. The molecule has 0 spiro atoms. The Morgan fingerprint density at radius 1 is 0.889 bits per heavy atom. The summed E-state index contributed by atoms with van der Waals surface area (Å²) in [5, 5.41) is 0. The fourth-order valence-corrected chi connectivity index (χ4v) is 1.40. The van der Waals surface area contributed by atoms with Crippen molar-refractivity contribution in [3.63, 3.8) is 0 Å². The lowest BCUT2D eigenvalue weighted by Gasteiger charge is -2.04. The van der Waals surface area contributed by atoms with E-state index in [1.54, 1.807) is 24.3 Å². The first-order valence-electron chi connectivity index (χ1n) is 5.25. The van der Waals surface area contributed by atoms with E-state index in [4.69, 9.17) is 0 Å². The lowest BCUT2D eigenvalue weighted by atomic mass is 10.1. The van der Waals surface area contributed by atoms with Crippen LogP contribution in [-0.4, -0.2) is 0 Å². The minimum atomic E-state index is -4.34. The summed E-state index contributed by atoms with van der Waals surface area (Å²) in [7, 11) is 0. The van der Waals surface area contributed by atoms with E-state index < -0.39 is 11.7 Å². The molecule has 0 saturated carbocycles. The molecule has 0 atom stereocenters. The molecule has 18 heavy (non-hydrogen) atoms. The van der Waals surface area contributed by atoms with Gasteiger partial charge < -0.3 is 0 Å². The van der Waals surface area contributed by atoms with Gasteiger partial charge in [-0.25, -0.2) is 0 Å². The van der Waals surface area contributed by atoms with Gasteiger partial charge in [-0.2, -0.15) is 13.2 Å². The van der Waals surface area contributed by atoms with Gasteiger partial charge >= 0.3 is 17.9 Å². The highest BCUT2D eigenvalue weighted by Crippen LogP contribution is 2.29. The molecular weight excluding hydrogens is 239 g/mol. The van der Waals surface area contributed by atoms with Gasteiger partial charge in [0.15, 0.2) is 0 Å². The quantitative estimate of drug-likeness (QED) is 0.635. The van der Waals surface area contributed by atoms with Crippen molar-refractivity contribution in [1.82, 2.24) is 0 Å². The molecule has 2 aromatic rings. The van der Waals surface area contributed by atoms with Gasteiger partial charge in [0.25, 0.3) is 0 Å². The van der Waals surface area contributed by atoms with Gasteiger partial charge in [0.2, 0.25) is 0 Å². The van der Waals surface area contributed by atoms with Crippen molar-refractivity contribution in [2.75, 3.05) is 0 Å². The Bertz CT molecular complexity index is 592. The smallest absolute Gasteiger partial charge is 0.166 e. The van der Waals surface area contributed by atoms with Crippen molar-refractivity contribution in [1.29, 1.82) is 0 Å². The van der Waals surface area contributed by atoms with E-state index in [0.717, 1.165) is 12.1 Å². The van der Waals surface area contributed by atoms with Gasteiger partial charge in [0.05, 0.1) is 5.56 Å². The average molecular weight is 248 g/mol. The third-order valence-corrected chi connectivity index (χ3v) is 2.26. The second-order valence-corrected chi connectivity index (χ2v) is 3.64. The van der Waals surface area contributed by atoms with Crippen molar-refractivity contribution >= 4 is 5.69 Å². The second-order valence-electron chi connectivity index (χ2n) is 3.64. The van der Waals surface area contributed by atoms with Gasteiger partial charge in [-0.15, -0.1) is 0 Å². The largest absolute Gasteiger partial charge is 0.416 e. The van der Waals surface area contributed by atoms with Crippen molar-refractivity contribution < 1.29 is 13.2 Å². The van der Waals surface area contributed by atoms with Gasteiger partial charge in [-0.05, 0) is 23.0 Å². The molecule has 0 heterocycles. The van der Waals surface area contributed by atoms with Crippen LogP contribution in [0.15, 0.2) is 54.6 Å². The molecule has 2 rings (SSSR count). The maximum Gasteiger partial charge on any atom is 0.416 e. The molecule has 90 valence electrons. The summed E-state index contributed by atoms with van der Waals surface area (Å²) in [6, 6.07) is 16.4. The maximum atomic E-state index is 12.5. The number of hydrogen-bond acceptors (Lipinski definition) is 0. The third kappa shape index (κ3) is 3.11. The van der Waals surface area contributed by atoms with Crippen LogP contribution in [0.25, 0.3) is 4.85 Å². The van der Waals surface area contributed by atoms with Gasteiger partial charge in [-0.3, -0.25) is 0 Å². The summed E-state index contributed by atoms with van der Waals surface area (Å²) in [6.45, 7) is 0. The van der Waals surface area contributed by atoms with Crippen LogP contribution >= 0.6 is 0 Å². The topological polar surface area (TPSA) is 4.36 Å². The zero-order valence-corrected chi connectivity index (χ0v) is 9.28. The Hall–Kier alpha value is -2.28. The molecular formula is C14H9F3N+. The minimum Gasteiger partial charge on any atom is -0.166 e. The maximum absolute atomic E-state index is 12.5. The first-order valence-corrected chi connectivity index (χ1v) is 5.25. The molecule has 0 aliphatic carbocycles. The molecule has 0 aliphatic heterocycles. The highest BCUT2D eigenvalue weighted by atomic mass is 19.4. The van der Waals surface area contributed by atoms with Crippen molar-refractivity contribution in [2.45, 2.75) is 6.18 Å². The summed E-state index contributed by atoms with van der Waals surface area (Å²) < 4.78 is 37.4. The molecule has 0 N–H and O–H groups in total. The fraction of sp³-hybridized carbons (Fsp3) is 0.0714. The van der Waals surface area contributed by atoms with Crippen LogP contribution in [0.1, 0.15) is 11.1 Å². The Labute approximate surface area is 102 Å². The van der Waals surface area contributed by atoms with E-state index in [2.05, 4.69) is 10.9 Å². The van der Waals surface area contributed by atoms with E-state index in [1.165, 1.54) is 12.1 Å². The predicted molar refractivity (Wildman–Crippen MR) is 63.9 cm³/mol. The predicted octanol–water partition coefficient (Wildman–Crippen LogP) is 4.72. The summed E-state index contributed by atoms with van der Waals surface area (Å²) in [4.78, 5) is 3.98. The number of alkyl halides is 3. The zero-order chi connectivity index (χ0) is 13.0. The standard InChI is InChI=1S/C14H9F3N/c15-14(16,17)12-6-4-5-11(9-12)10-18-13-7-2-1-3-8-13/h1-9H/q+1. The molecule has 0 unspecified atom stereocenters. The number of para-hydroxylation sites is 1. The third-order valence-electron chi connectivity index (χ3n) is 2.26. The molecule has 2 aromatic carbocycles. The average Bonchev–Trinajstić information content (AvgIpc) is 2.37. The first-order chi connectivity index (χ1) is 8.55. The lowest BCUT2D eigenvalue weighted by molar-refractivity contribution is -0.137. The highest BCUT2D eigenvalue weighted by molar-refractivity contribution is 5.48. The summed E-state index contributed by atoms with van der Waals surface area (Å²) >= 11 is 0. The molecule has 0 fully saturated rings. The van der Waals surface area contributed by atoms with Crippen molar-refractivity contribution in [3.05, 3.63) is 70.6 Å². The number of nitrogens with zero attached hydrogens (tertiary/aromatic N) is 1. The monoisotopic (exact) mass is 248 g/mol. The van der Waals surface area contributed by atoms with Crippen LogP contribution < -0.4 is 0 Å². The highest BCUT2D eigenvalue weighted by Gasteiger charge is 2.30. The van der Waals surface area contributed by atoms with Crippen molar-refractivity contribution in [3.8, 4) is 6.07 Å². The Morgan fingerprint density at radius 2 is 1.61 bits per heavy atom. The molecule has 0 aliphatic rings. The second kappa shape index (κ2) is 4.92. The number of halogens is 3. The molecule has 0 amide bonds. The fourth-order valence-electron chi connectivity index (χ4n) is 1.40. The van der Waals surface area contributed by atoms with Crippen molar-refractivity contribution in [2.24, 2.45) is 0 Å². The van der Waals surface area contributed by atoms with Crippen LogP contribution in [0.2, 0.25) is 0 Å². The molecule has 4 heteroatoms. The molecule has 0 bridgehead atoms. The van der Waals surface area contributed by atoms with E-state index >= 15 is 0 Å². The van der Waals surface area contributed by atoms with E-state index in [9.17, 15) is 13.2 Å². The molecule has 0 radical (unpaired) electrons.